The molecule has 0 saturated carbocycles. The van der Waals surface area contributed by atoms with Gasteiger partial charge in [0.05, 0.1) is 13.5 Å². The maximum Gasteiger partial charge on any atom is 0.227 e. The number of hydrogen-bond donors (Lipinski definition) is 0. The summed E-state index contributed by atoms with van der Waals surface area (Å²) in [6.45, 7) is 4.13. The Bertz CT molecular complexity index is 742. The third-order valence-electron chi connectivity index (χ3n) is 4.86. The Labute approximate surface area is 154 Å². The highest BCUT2D eigenvalue weighted by atomic mass is 19.1. The maximum absolute atomic E-state index is 13.2. The molecule has 0 N–H and O–H groups in total. The van der Waals surface area contributed by atoms with Crippen LogP contribution < -0.4 is 4.74 Å². The fraction of sp³-hybridized carbons (Fsp3) is 0.381. The van der Waals surface area contributed by atoms with Crippen molar-refractivity contribution in [2.24, 2.45) is 0 Å². The molecule has 1 aliphatic rings. The zero-order chi connectivity index (χ0) is 18.4. The summed E-state index contributed by atoms with van der Waals surface area (Å²) in [5.41, 5.74) is 1.94. The lowest BCUT2D eigenvalue weighted by atomic mass is 10.1. The fourth-order valence-corrected chi connectivity index (χ4v) is 3.34. The zero-order valence-corrected chi connectivity index (χ0v) is 15.2. The lowest BCUT2D eigenvalue weighted by Crippen LogP contribution is -2.49. The van der Waals surface area contributed by atoms with Crippen molar-refractivity contribution >= 4 is 5.91 Å². The van der Waals surface area contributed by atoms with E-state index in [9.17, 15) is 9.18 Å². The van der Waals surface area contributed by atoms with Crippen molar-refractivity contribution in [2.45, 2.75) is 12.8 Å². The lowest BCUT2D eigenvalue weighted by molar-refractivity contribution is -0.132. The van der Waals surface area contributed by atoms with Gasteiger partial charge in [-0.2, -0.15) is 0 Å². The number of ether oxygens (including phenoxy) is 1. The molecule has 0 unspecified atom stereocenters. The molecule has 0 atom stereocenters. The number of rotatable bonds is 6. The normalized spacial score (nSPS) is 15.1. The highest BCUT2D eigenvalue weighted by molar-refractivity contribution is 5.78. The van der Waals surface area contributed by atoms with Crippen molar-refractivity contribution < 1.29 is 13.9 Å². The minimum atomic E-state index is -0.295. The van der Waals surface area contributed by atoms with Crippen LogP contribution in [0.1, 0.15) is 11.1 Å². The van der Waals surface area contributed by atoms with Crippen molar-refractivity contribution in [3.8, 4) is 5.75 Å². The third-order valence-corrected chi connectivity index (χ3v) is 4.86. The summed E-state index contributed by atoms with van der Waals surface area (Å²) < 4.78 is 18.6. The molecule has 5 heteroatoms. The Balaban J connectivity index is 1.46. The summed E-state index contributed by atoms with van der Waals surface area (Å²) in [4.78, 5) is 16.7. The average molecular weight is 356 g/mol. The van der Waals surface area contributed by atoms with Gasteiger partial charge >= 0.3 is 0 Å². The quantitative estimate of drug-likeness (QED) is 0.798. The predicted molar refractivity (Wildman–Crippen MR) is 99.8 cm³/mol. The second-order valence-corrected chi connectivity index (χ2v) is 6.59. The lowest BCUT2D eigenvalue weighted by Gasteiger charge is -2.35. The first kappa shape index (κ1) is 18.4. The maximum atomic E-state index is 13.2. The number of piperazine rings is 1. The van der Waals surface area contributed by atoms with Crippen molar-refractivity contribution in [3.63, 3.8) is 0 Å². The van der Waals surface area contributed by atoms with Gasteiger partial charge in [0.25, 0.3) is 0 Å². The van der Waals surface area contributed by atoms with Gasteiger partial charge in [0.15, 0.2) is 0 Å². The highest BCUT2D eigenvalue weighted by Crippen LogP contribution is 2.18. The number of nitrogens with zero attached hydrogens (tertiary/aromatic N) is 2. The van der Waals surface area contributed by atoms with Crippen molar-refractivity contribution in [1.82, 2.24) is 9.80 Å². The molecule has 1 saturated heterocycles. The van der Waals surface area contributed by atoms with Gasteiger partial charge in [-0.25, -0.2) is 4.39 Å². The van der Waals surface area contributed by atoms with Gasteiger partial charge < -0.3 is 9.64 Å². The molecule has 0 aliphatic carbocycles. The van der Waals surface area contributed by atoms with Crippen LogP contribution in [0.5, 0.6) is 5.75 Å². The van der Waals surface area contributed by atoms with Crippen LogP contribution in [0.3, 0.4) is 0 Å². The standard InChI is InChI=1S/C21H25FN2O2/c1-26-20-8-3-2-6-18(20)9-10-23-11-13-24(14-12-23)21(25)16-17-5-4-7-19(22)15-17/h2-8,15H,9-14,16H2,1H3. The molecule has 0 bridgehead atoms. The molecule has 1 amide bonds. The molecule has 1 aliphatic heterocycles. The number of amides is 1. The van der Waals surface area contributed by atoms with Gasteiger partial charge in [-0.15, -0.1) is 0 Å². The smallest absolute Gasteiger partial charge is 0.227 e. The summed E-state index contributed by atoms with van der Waals surface area (Å²) in [5.74, 6) is 0.702. The SMILES string of the molecule is COc1ccccc1CCN1CCN(C(=O)Cc2cccc(F)c2)CC1. The second kappa shape index (κ2) is 8.81. The molecule has 2 aromatic rings. The van der Waals surface area contributed by atoms with E-state index in [-0.39, 0.29) is 18.1 Å². The molecule has 0 radical (unpaired) electrons. The van der Waals surface area contributed by atoms with Gasteiger partial charge in [-0.1, -0.05) is 30.3 Å². The van der Waals surface area contributed by atoms with E-state index in [1.807, 2.05) is 23.1 Å². The van der Waals surface area contributed by atoms with E-state index >= 15 is 0 Å². The van der Waals surface area contributed by atoms with E-state index in [1.54, 1.807) is 19.2 Å². The third kappa shape index (κ3) is 4.82. The monoisotopic (exact) mass is 356 g/mol. The van der Waals surface area contributed by atoms with Crippen LogP contribution in [-0.2, 0) is 17.6 Å². The summed E-state index contributed by atoms with van der Waals surface area (Å²) >= 11 is 0. The van der Waals surface area contributed by atoms with Gasteiger partial charge in [0.1, 0.15) is 11.6 Å². The van der Waals surface area contributed by atoms with Gasteiger partial charge in [0.2, 0.25) is 5.91 Å². The first-order valence-electron chi connectivity index (χ1n) is 9.02. The molecule has 26 heavy (non-hydrogen) atoms. The Kier molecular flexibility index (Phi) is 6.23. The van der Waals surface area contributed by atoms with Crippen LogP contribution in [0, 0.1) is 5.82 Å². The number of hydrogen-bond acceptors (Lipinski definition) is 3. The van der Waals surface area contributed by atoms with Crippen LogP contribution in [0.4, 0.5) is 4.39 Å². The van der Waals surface area contributed by atoms with Crippen LogP contribution in [0.2, 0.25) is 0 Å². The van der Waals surface area contributed by atoms with E-state index in [2.05, 4.69) is 11.0 Å². The van der Waals surface area contributed by atoms with Crippen molar-refractivity contribution in [3.05, 3.63) is 65.5 Å². The largest absolute Gasteiger partial charge is 0.496 e. The number of carbonyl (C=O) groups is 1. The molecule has 2 aromatic carbocycles. The Morgan fingerprint density at radius 1 is 1.08 bits per heavy atom. The Morgan fingerprint density at radius 3 is 2.58 bits per heavy atom. The van der Waals surface area contributed by atoms with Crippen LogP contribution in [0.25, 0.3) is 0 Å². The first-order chi connectivity index (χ1) is 12.7. The van der Waals surface area contributed by atoms with E-state index in [4.69, 9.17) is 4.74 Å². The Morgan fingerprint density at radius 2 is 1.85 bits per heavy atom. The number of carbonyl (C=O) groups excluding carboxylic acids is 1. The van der Waals surface area contributed by atoms with Crippen molar-refractivity contribution in [1.29, 1.82) is 0 Å². The molecular formula is C21H25FN2O2. The van der Waals surface area contributed by atoms with Crippen molar-refractivity contribution in [2.75, 3.05) is 39.8 Å². The first-order valence-corrected chi connectivity index (χ1v) is 9.02. The van der Waals surface area contributed by atoms with Crippen LogP contribution >= 0.6 is 0 Å². The molecule has 1 fully saturated rings. The summed E-state index contributed by atoms with van der Waals surface area (Å²) in [6, 6.07) is 14.4. The molecule has 3 rings (SSSR count). The Hall–Kier alpha value is -2.40. The minimum absolute atomic E-state index is 0.0694. The molecule has 1 heterocycles. The van der Waals surface area contributed by atoms with Gasteiger partial charge in [-0.05, 0) is 35.7 Å². The predicted octanol–water partition coefficient (Wildman–Crippen LogP) is 2.76. The summed E-state index contributed by atoms with van der Waals surface area (Å²) in [5, 5.41) is 0. The molecule has 4 nitrogen and oxygen atoms in total. The minimum Gasteiger partial charge on any atom is -0.496 e. The zero-order valence-electron chi connectivity index (χ0n) is 15.2. The van der Waals surface area contributed by atoms with E-state index in [1.165, 1.54) is 17.7 Å². The topological polar surface area (TPSA) is 32.8 Å². The molecular weight excluding hydrogens is 331 g/mol. The highest BCUT2D eigenvalue weighted by Gasteiger charge is 2.21. The molecule has 0 spiro atoms. The van der Waals surface area contributed by atoms with E-state index < -0.39 is 0 Å². The molecule has 138 valence electrons. The van der Waals surface area contributed by atoms with E-state index in [0.717, 1.165) is 50.5 Å². The van der Waals surface area contributed by atoms with Crippen LogP contribution in [0.15, 0.2) is 48.5 Å². The number of para-hydroxylation sites is 1. The van der Waals surface area contributed by atoms with Gasteiger partial charge in [-0.3, -0.25) is 9.69 Å². The fourth-order valence-electron chi connectivity index (χ4n) is 3.34. The van der Waals surface area contributed by atoms with E-state index in [0.29, 0.717) is 0 Å². The summed E-state index contributed by atoms with van der Waals surface area (Å²) in [6.07, 6.45) is 1.19. The number of methoxy groups -OCH3 is 1. The number of halogens is 1. The van der Waals surface area contributed by atoms with Gasteiger partial charge in [0, 0.05) is 32.7 Å². The number of benzene rings is 2. The summed E-state index contributed by atoms with van der Waals surface area (Å²) in [7, 11) is 1.70. The van der Waals surface area contributed by atoms with Crippen LogP contribution in [-0.4, -0.2) is 55.5 Å². The average Bonchev–Trinajstić information content (AvgIpc) is 2.67. The molecule has 0 aromatic heterocycles. The second-order valence-electron chi connectivity index (χ2n) is 6.59.